The number of pyridine rings is 1. The molecule has 1 aliphatic rings. The number of benzene rings is 1. The number of hydrogen-bond acceptors (Lipinski definition) is 5. The fourth-order valence-electron chi connectivity index (χ4n) is 3.57. The van der Waals surface area contributed by atoms with Gasteiger partial charge in [0, 0.05) is 35.6 Å². The zero-order chi connectivity index (χ0) is 21.8. The number of carbonyl (C=O) groups is 2. The average Bonchev–Trinajstić information content (AvgIpc) is 3.25. The van der Waals surface area contributed by atoms with Gasteiger partial charge in [0.05, 0.1) is 22.2 Å². The Morgan fingerprint density at radius 2 is 2.06 bits per heavy atom. The summed E-state index contributed by atoms with van der Waals surface area (Å²) in [7, 11) is 0. The van der Waals surface area contributed by atoms with Crippen LogP contribution in [0.1, 0.15) is 25.0 Å². The number of hydrogen-bond donors (Lipinski definition) is 1. The lowest BCUT2D eigenvalue weighted by Gasteiger charge is -2.34. The Kier molecular flexibility index (Phi) is 6.85. The maximum absolute atomic E-state index is 13.0. The Balaban J connectivity index is 1.44. The fourth-order valence-corrected chi connectivity index (χ4v) is 4.68. The SMILES string of the molecule is O=C(Nc1ccc(Cl)c(Cl)c1)C1CCCCN1C(=O)Cc1csc(-c2cccnc2)n1. The van der Waals surface area contributed by atoms with E-state index in [4.69, 9.17) is 23.2 Å². The van der Waals surface area contributed by atoms with Gasteiger partial charge in [-0.05, 0) is 49.6 Å². The van der Waals surface area contributed by atoms with Gasteiger partial charge in [0.25, 0.3) is 0 Å². The molecule has 1 unspecified atom stereocenters. The van der Waals surface area contributed by atoms with Gasteiger partial charge in [0.2, 0.25) is 11.8 Å². The normalized spacial score (nSPS) is 16.2. The van der Waals surface area contributed by atoms with Crippen LogP contribution < -0.4 is 5.32 Å². The van der Waals surface area contributed by atoms with E-state index in [1.54, 1.807) is 35.5 Å². The van der Waals surface area contributed by atoms with E-state index in [1.165, 1.54) is 11.3 Å². The molecule has 1 atom stereocenters. The Labute approximate surface area is 194 Å². The molecule has 31 heavy (non-hydrogen) atoms. The number of thiazole rings is 1. The minimum atomic E-state index is -0.521. The molecule has 3 aromatic rings. The molecule has 0 radical (unpaired) electrons. The molecule has 1 fully saturated rings. The lowest BCUT2D eigenvalue weighted by atomic mass is 10.0. The van der Waals surface area contributed by atoms with Gasteiger partial charge in [-0.1, -0.05) is 23.2 Å². The lowest BCUT2D eigenvalue weighted by molar-refractivity contribution is -0.139. The number of likely N-dealkylation sites (tertiary alicyclic amines) is 1. The predicted molar refractivity (Wildman–Crippen MR) is 123 cm³/mol. The number of nitrogens with one attached hydrogen (secondary N) is 1. The average molecular weight is 475 g/mol. The quantitative estimate of drug-likeness (QED) is 0.559. The van der Waals surface area contributed by atoms with Crippen molar-refractivity contribution in [2.75, 3.05) is 11.9 Å². The molecule has 1 saturated heterocycles. The molecule has 160 valence electrons. The van der Waals surface area contributed by atoms with E-state index in [0.717, 1.165) is 23.4 Å². The van der Waals surface area contributed by atoms with Gasteiger partial charge in [-0.3, -0.25) is 14.6 Å². The van der Waals surface area contributed by atoms with Crippen LogP contribution in [-0.2, 0) is 16.0 Å². The van der Waals surface area contributed by atoms with Crippen molar-refractivity contribution in [1.29, 1.82) is 0 Å². The van der Waals surface area contributed by atoms with Gasteiger partial charge >= 0.3 is 0 Å². The third-order valence-corrected chi connectivity index (χ3v) is 6.78. The molecule has 0 spiro atoms. The summed E-state index contributed by atoms with van der Waals surface area (Å²) in [5.41, 5.74) is 2.17. The number of carbonyl (C=O) groups excluding carboxylic acids is 2. The molecular formula is C22H20Cl2N4O2S. The highest BCUT2D eigenvalue weighted by Crippen LogP contribution is 2.27. The van der Waals surface area contributed by atoms with Crippen molar-refractivity contribution in [1.82, 2.24) is 14.9 Å². The van der Waals surface area contributed by atoms with Crippen LogP contribution in [0.4, 0.5) is 5.69 Å². The van der Waals surface area contributed by atoms with Crippen molar-refractivity contribution in [3.05, 3.63) is 63.8 Å². The molecule has 2 aromatic heterocycles. The van der Waals surface area contributed by atoms with Crippen LogP contribution in [0.25, 0.3) is 10.6 Å². The number of halogens is 2. The first-order valence-electron chi connectivity index (χ1n) is 9.91. The summed E-state index contributed by atoms with van der Waals surface area (Å²) >= 11 is 13.5. The van der Waals surface area contributed by atoms with Crippen molar-refractivity contribution in [3.8, 4) is 10.6 Å². The summed E-state index contributed by atoms with van der Waals surface area (Å²) in [5.74, 6) is -0.321. The minimum absolute atomic E-state index is 0.1000. The summed E-state index contributed by atoms with van der Waals surface area (Å²) < 4.78 is 0. The van der Waals surface area contributed by atoms with Crippen LogP contribution in [0, 0.1) is 0 Å². The van der Waals surface area contributed by atoms with E-state index in [1.807, 2.05) is 17.5 Å². The first-order chi connectivity index (χ1) is 15.0. The number of rotatable bonds is 5. The van der Waals surface area contributed by atoms with E-state index < -0.39 is 6.04 Å². The number of piperidine rings is 1. The van der Waals surface area contributed by atoms with Crippen LogP contribution in [0.3, 0.4) is 0 Å². The second-order valence-corrected chi connectivity index (χ2v) is 8.95. The zero-order valence-corrected chi connectivity index (χ0v) is 18.9. The molecule has 4 rings (SSSR count). The second-order valence-electron chi connectivity index (χ2n) is 7.28. The van der Waals surface area contributed by atoms with Crippen LogP contribution in [-0.4, -0.2) is 39.3 Å². The third-order valence-electron chi connectivity index (χ3n) is 5.11. The summed E-state index contributed by atoms with van der Waals surface area (Å²) in [4.78, 5) is 36.3. The van der Waals surface area contributed by atoms with Crippen LogP contribution in [0.2, 0.25) is 10.0 Å². The van der Waals surface area contributed by atoms with Crippen molar-refractivity contribution >= 4 is 52.0 Å². The highest BCUT2D eigenvalue weighted by atomic mass is 35.5. The second kappa shape index (κ2) is 9.77. The molecule has 1 aromatic carbocycles. The molecular weight excluding hydrogens is 455 g/mol. The Bertz CT molecular complexity index is 1090. The van der Waals surface area contributed by atoms with Crippen LogP contribution >= 0.6 is 34.5 Å². The number of anilines is 1. The van der Waals surface area contributed by atoms with Crippen LogP contribution in [0.5, 0.6) is 0 Å². The van der Waals surface area contributed by atoms with Gasteiger partial charge in [0.15, 0.2) is 0 Å². The molecule has 1 aliphatic heterocycles. The summed E-state index contributed by atoms with van der Waals surface area (Å²) in [6.07, 6.45) is 6.01. The van der Waals surface area contributed by atoms with Crippen molar-refractivity contribution < 1.29 is 9.59 Å². The van der Waals surface area contributed by atoms with Gasteiger partial charge < -0.3 is 10.2 Å². The molecule has 3 heterocycles. The first kappa shape index (κ1) is 21.7. The fraction of sp³-hybridized carbons (Fsp3) is 0.273. The maximum atomic E-state index is 13.0. The monoisotopic (exact) mass is 474 g/mol. The van der Waals surface area contributed by atoms with Gasteiger partial charge in [0.1, 0.15) is 11.0 Å². The lowest BCUT2D eigenvalue weighted by Crippen LogP contribution is -2.50. The minimum Gasteiger partial charge on any atom is -0.330 e. The maximum Gasteiger partial charge on any atom is 0.247 e. The summed E-state index contributed by atoms with van der Waals surface area (Å²) in [6, 6.07) is 8.19. The Hall–Kier alpha value is -2.48. The topological polar surface area (TPSA) is 75.2 Å². The molecule has 2 amide bonds. The summed E-state index contributed by atoms with van der Waals surface area (Å²) in [6.45, 7) is 0.553. The Morgan fingerprint density at radius 1 is 1.19 bits per heavy atom. The van der Waals surface area contributed by atoms with E-state index in [2.05, 4.69) is 15.3 Å². The summed E-state index contributed by atoms with van der Waals surface area (Å²) in [5, 5.41) is 6.35. The standard InChI is InChI=1S/C22H20Cl2N4O2S/c23-17-7-6-15(10-18(17)24)26-21(30)19-5-1-2-9-28(19)20(29)11-16-13-31-22(27-16)14-4-3-8-25-12-14/h3-4,6-8,10,12-13,19H,1-2,5,9,11H2,(H,26,30). The number of aromatic nitrogens is 2. The highest BCUT2D eigenvalue weighted by Gasteiger charge is 2.32. The zero-order valence-electron chi connectivity index (χ0n) is 16.6. The van der Waals surface area contributed by atoms with Crippen molar-refractivity contribution in [3.63, 3.8) is 0 Å². The van der Waals surface area contributed by atoms with Crippen molar-refractivity contribution in [2.24, 2.45) is 0 Å². The molecule has 9 heteroatoms. The molecule has 6 nitrogen and oxygen atoms in total. The van der Waals surface area contributed by atoms with Gasteiger partial charge in [-0.2, -0.15) is 0 Å². The smallest absolute Gasteiger partial charge is 0.247 e. The Morgan fingerprint density at radius 3 is 2.84 bits per heavy atom. The highest BCUT2D eigenvalue weighted by molar-refractivity contribution is 7.13. The van der Waals surface area contributed by atoms with E-state index >= 15 is 0 Å². The predicted octanol–water partition coefficient (Wildman–Crippen LogP) is 5.07. The largest absolute Gasteiger partial charge is 0.330 e. The third kappa shape index (κ3) is 5.23. The van der Waals surface area contributed by atoms with Crippen molar-refractivity contribution in [2.45, 2.75) is 31.7 Å². The van der Waals surface area contributed by atoms with E-state index in [0.29, 0.717) is 34.4 Å². The number of amides is 2. The van der Waals surface area contributed by atoms with Gasteiger partial charge in [-0.15, -0.1) is 11.3 Å². The molecule has 0 bridgehead atoms. The molecule has 1 N–H and O–H groups in total. The number of nitrogens with zero attached hydrogens (tertiary/aromatic N) is 3. The first-order valence-corrected chi connectivity index (χ1v) is 11.5. The van der Waals surface area contributed by atoms with E-state index in [9.17, 15) is 9.59 Å². The molecule has 0 saturated carbocycles. The van der Waals surface area contributed by atoms with Crippen LogP contribution in [0.15, 0.2) is 48.1 Å². The van der Waals surface area contributed by atoms with Gasteiger partial charge in [-0.25, -0.2) is 4.98 Å². The molecule has 0 aliphatic carbocycles. The van der Waals surface area contributed by atoms with E-state index in [-0.39, 0.29) is 18.2 Å².